The van der Waals surface area contributed by atoms with E-state index in [0.717, 1.165) is 5.56 Å². The van der Waals surface area contributed by atoms with Crippen molar-refractivity contribution >= 4 is 11.6 Å². The van der Waals surface area contributed by atoms with Gasteiger partial charge in [0.05, 0.1) is 24.1 Å². The summed E-state index contributed by atoms with van der Waals surface area (Å²) in [5, 5.41) is 13.3. The van der Waals surface area contributed by atoms with Crippen LogP contribution in [0.4, 0.5) is 5.69 Å². The minimum absolute atomic E-state index is 0.125. The first-order valence-corrected chi connectivity index (χ1v) is 6.76. The maximum Gasteiger partial charge on any atom is 0.270 e. The quantitative estimate of drug-likeness (QED) is 0.534. The number of rotatable bonds is 4. The highest BCUT2D eigenvalue weighted by molar-refractivity contribution is 5.94. The first kappa shape index (κ1) is 16.0. The van der Waals surface area contributed by atoms with E-state index in [-0.39, 0.29) is 17.8 Å². The molecule has 0 unspecified atom stereocenters. The lowest BCUT2D eigenvalue weighted by molar-refractivity contribution is -0.384. The summed E-state index contributed by atoms with van der Waals surface area (Å²) in [6.07, 6.45) is 0. The summed E-state index contributed by atoms with van der Waals surface area (Å²) < 4.78 is 5.17. The SMILES string of the molecule is COc1ccccc1C#CCNC(=O)c1cccc([N+](=O)[O-])c1. The molecule has 0 fully saturated rings. The first-order chi connectivity index (χ1) is 11.1. The largest absolute Gasteiger partial charge is 0.495 e. The Balaban J connectivity index is 1.99. The number of nitro benzene ring substituents is 1. The van der Waals surface area contributed by atoms with Gasteiger partial charge in [-0.1, -0.05) is 30.0 Å². The molecule has 0 atom stereocenters. The van der Waals surface area contributed by atoms with E-state index >= 15 is 0 Å². The molecular weight excluding hydrogens is 296 g/mol. The Bertz CT molecular complexity index is 790. The second kappa shape index (κ2) is 7.61. The molecule has 2 aromatic rings. The molecule has 6 heteroatoms. The predicted octanol–water partition coefficient (Wildman–Crippen LogP) is 2.38. The molecule has 0 saturated heterocycles. The van der Waals surface area contributed by atoms with E-state index in [0.29, 0.717) is 5.75 Å². The zero-order valence-corrected chi connectivity index (χ0v) is 12.4. The van der Waals surface area contributed by atoms with Crippen LogP contribution in [0.15, 0.2) is 48.5 Å². The number of hydrogen-bond donors (Lipinski definition) is 1. The van der Waals surface area contributed by atoms with Gasteiger partial charge < -0.3 is 10.1 Å². The summed E-state index contributed by atoms with van der Waals surface area (Å²) in [4.78, 5) is 22.1. The van der Waals surface area contributed by atoms with Gasteiger partial charge in [-0.25, -0.2) is 0 Å². The van der Waals surface area contributed by atoms with Crippen LogP contribution in [0, 0.1) is 22.0 Å². The number of nitrogens with zero attached hydrogens (tertiary/aromatic N) is 1. The number of carbonyl (C=O) groups is 1. The van der Waals surface area contributed by atoms with Gasteiger partial charge in [-0.2, -0.15) is 0 Å². The van der Waals surface area contributed by atoms with Gasteiger partial charge in [0.2, 0.25) is 0 Å². The van der Waals surface area contributed by atoms with Gasteiger partial charge in [0.25, 0.3) is 11.6 Å². The highest BCUT2D eigenvalue weighted by Crippen LogP contribution is 2.15. The third kappa shape index (κ3) is 4.32. The zero-order chi connectivity index (χ0) is 16.7. The Morgan fingerprint density at radius 2 is 2.04 bits per heavy atom. The van der Waals surface area contributed by atoms with E-state index in [1.807, 2.05) is 18.2 Å². The van der Waals surface area contributed by atoms with Crippen molar-refractivity contribution in [2.75, 3.05) is 13.7 Å². The number of hydrogen-bond acceptors (Lipinski definition) is 4. The fourth-order valence-electron chi connectivity index (χ4n) is 1.87. The Morgan fingerprint density at radius 1 is 1.26 bits per heavy atom. The number of non-ortho nitro benzene ring substituents is 1. The zero-order valence-electron chi connectivity index (χ0n) is 12.4. The molecule has 2 aromatic carbocycles. The summed E-state index contributed by atoms with van der Waals surface area (Å²) in [5.41, 5.74) is 0.815. The van der Waals surface area contributed by atoms with Crippen LogP contribution >= 0.6 is 0 Å². The Labute approximate surface area is 133 Å². The summed E-state index contributed by atoms with van der Waals surface area (Å²) in [7, 11) is 1.56. The number of nitrogens with one attached hydrogen (secondary N) is 1. The van der Waals surface area contributed by atoms with Crippen LogP contribution in [-0.2, 0) is 0 Å². The minimum Gasteiger partial charge on any atom is -0.495 e. The van der Waals surface area contributed by atoms with E-state index in [1.165, 1.54) is 24.3 Å². The lowest BCUT2D eigenvalue weighted by Gasteiger charge is -2.02. The van der Waals surface area contributed by atoms with Crippen LogP contribution in [0.25, 0.3) is 0 Å². The smallest absolute Gasteiger partial charge is 0.270 e. The molecule has 0 heterocycles. The van der Waals surface area contributed by atoms with Crippen molar-refractivity contribution in [3.05, 3.63) is 69.8 Å². The van der Waals surface area contributed by atoms with Crippen molar-refractivity contribution in [3.8, 4) is 17.6 Å². The molecule has 0 aliphatic carbocycles. The second-order valence-electron chi connectivity index (χ2n) is 4.49. The molecule has 0 bridgehead atoms. The van der Waals surface area contributed by atoms with Gasteiger partial charge in [0, 0.05) is 17.7 Å². The lowest BCUT2D eigenvalue weighted by Crippen LogP contribution is -2.23. The number of ether oxygens (including phenoxy) is 1. The Morgan fingerprint density at radius 3 is 2.78 bits per heavy atom. The molecule has 1 N–H and O–H groups in total. The topological polar surface area (TPSA) is 81.5 Å². The number of para-hydroxylation sites is 1. The highest BCUT2D eigenvalue weighted by atomic mass is 16.6. The van der Waals surface area contributed by atoms with Crippen LogP contribution in [0.1, 0.15) is 15.9 Å². The van der Waals surface area contributed by atoms with Crippen LogP contribution in [0.5, 0.6) is 5.75 Å². The molecule has 0 aliphatic rings. The van der Waals surface area contributed by atoms with Crippen molar-refractivity contribution in [1.82, 2.24) is 5.32 Å². The van der Waals surface area contributed by atoms with Gasteiger partial charge in [-0.15, -0.1) is 0 Å². The number of nitro groups is 1. The Hall–Kier alpha value is -3.33. The lowest BCUT2D eigenvalue weighted by atomic mass is 10.2. The molecule has 2 rings (SSSR count). The average Bonchev–Trinajstić information content (AvgIpc) is 2.59. The van der Waals surface area contributed by atoms with E-state index in [4.69, 9.17) is 4.74 Å². The van der Waals surface area contributed by atoms with Gasteiger partial charge >= 0.3 is 0 Å². The molecule has 0 radical (unpaired) electrons. The van der Waals surface area contributed by atoms with Gasteiger partial charge in [0.1, 0.15) is 5.75 Å². The molecular formula is C17H14N2O4. The number of amides is 1. The van der Waals surface area contributed by atoms with Crippen molar-refractivity contribution in [2.24, 2.45) is 0 Å². The minimum atomic E-state index is -0.543. The highest BCUT2D eigenvalue weighted by Gasteiger charge is 2.10. The molecule has 0 aromatic heterocycles. The first-order valence-electron chi connectivity index (χ1n) is 6.76. The summed E-state index contributed by atoms with van der Waals surface area (Å²) in [6.45, 7) is 0.125. The Kier molecular flexibility index (Phi) is 5.31. The predicted molar refractivity (Wildman–Crippen MR) is 85.3 cm³/mol. The maximum atomic E-state index is 11.9. The van der Waals surface area contributed by atoms with Crippen LogP contribution in [0.2, 0.25) is 0 Å². The van der Waals surface area contributed by atoms with Crippen molar-refractivity contribution < 1.29 is 14.5 Å². The van der Waals surface area contributed by atoms with E-state index < -0.39 is 10.8 Å². The second-order valence-corrected chi connectivity index (χ2v) is 4.49. The van der Waals surface area contributed by atoms with E-state index in [9.17, 15) is 14.9 Å². The van der Waals surface area contributed by atoms with Gasteiger partial charge in [-0.3, -0.25) is 14.9 Å². The monoisotopic (exact) mass is 310 g/mol. The fourth-order valence-corrected chi connectivity index (χ4v) is 1.87. The summed E-state index contributed by atoms with van der Waals surface area (Å²) in [5.74, 6) is 5.96. The number of carbonyl (C=O) groups excluding carboxylic acids is 1. The standard InChI is InChI=1S/C17H14N2O4/c1-23-16-10-3-2-6-13(16)8-5-11-18-17(20)14-7-4-9-15(12-14)19(21)22/h2-4,6-7,9-10,12H,11H2,1H3,(H,18,20). The molecule has 1 amide bonds. The number of benzene rings is 2. The van der Waals surface area contributed by atoms with Crippen molar-refractivity contribution in [1.29, 1.82) is 0 Å². The summed E-state index contributed by atoms with van der Waals surface area (Å²) >= 11 is 0. The average molecular weight is 310 g/mol. The maximum absolute atomic E-state index is 11.9. The molecule has 6 nitrogen and oxygen atoms in total. The molecule has 0 spiro atoms. The normalized spacial score (nSPS) is 9.43. The van der Waals surface area contributed by atoms with Crippen molar-refractivity contribution in [2.45, 2.75) is 0 Å². The fraction of sp³-hybridized carbons (Fsp3) is 0.118. The third-order valence-electron chi connectivity index (χ3n) is 2.99. The molecule has 23 heavy (non-hydrogen) atoms. The van der Waals surface area contributed by atoms with E-state index in [2.05, 4.69) is 17.2 Å². The molecule has 0 saturated carbocycles. The summed E-state index contributed by atoms with van der Waals surface area (Å²) in [6, 6.07) is 12.8. The van der Waals surface area contributed by atoms with Crippen molar-refractivity contribution in [3.63, 3.8) is 0 Å². The molecule has 116 valence electrons. The molecule has 0 aliphatic heterocycles. The van der Waals surface area contributed by atoms with Gasteiger partial charge in [-0.05, 0) is 18.2 Å². The van der Waals surface area contributed by atoms with Crippen LogP contribution in [-0.4, -0.2) is 24.5 Å². The van der Waals surface area contributed by atoms with Crippen LogP contribution in [0.3, 0.4) is 0 Å². The van der Waals surface area contributed by atoms with Gasteiger partial charge in [0.15, 0.2) is 0 Å². The third-order valence-corrected chi connectivity index (χ3v) is 2.99. The van der Waals surface area contributed by atoms with E-state index in [1.54, 1.807) is 13.2 Å². The number of methoxy groups -OCH3 is 1. The van der Waals surface area contributed by atoms with Crippen LogP contribution < -0.4 is 10.1 Å².